The van der Waals surface area contributed by atoms with Crippen LogP contribution in [0.25, 0.3) is 11.0 Å². The van der Waals surface area contributed by atoms with Crippen LogP contribution in [0.1, 0.15) is 18.1 Å². The Bertz CT molecular complexity index is 1310. The number of nitro groups is 1. The highest BCUT2D eigenvalue weighted by molar-refractivity contribution is 7.89. The molecule has 1 atom stereocenters. The lowest BCUT2D eigenvalue weighted by Crippen LogP contribution is -2.39. The van der Waals surface area contributed by atoms with Crippen LogP contribution >= 0.6 is 11.7 Å². The lowest BCUT2D eigenvalue weighted by atomic mass is 10.1. The van der Waals surface area contributed by atoms with Crippen molar-refractivity contribution in [2.24, 2.45) is 0 Å². The van der Waals surface area contributed by atoms with Crippen molar-refractivity contribution in [3.8, 4) is 5.75 Å². The van der Waals surface area contributed by atoms with E-state index in [2.05, 4.69) is 13.5 Å². The Morgan fingerprint density at radius 2 is 2.19 bits per heavy atom. The number of carbonyl (C=O) groups excluding carboxylic acids is 1. The van der Waals surface area contributed by atoms with Crippen LogP contribution in [-0.4, -0.2) is 40.9 Å². The number of nitrogens with one attached hydrogen (secondary N) is 1. The molecular formula is C18H16N4O8S2. The third kappa shape index (κ3) is 4.38. The number of nitrogens with zero attached hydrogens (tertiary/aromatic N) is 3. The number of non-ortho nitro benzene ring substituents is 1. The normalized spacial score (nSPS) is 14.4. The lowest BCUT2D eigenvalue weighted by Gasteiger charge is -2.21. The van der Waals surface area contributed by atoms with Gasteiger partial charge in [-0.15, -0.1) is 0 Å². The molecule has 0 spiro atoms. The zero-order chi connectivity index (χ0) is 22.9. The molecule has 0 saturated carbocycles. The van der Waals surface area contributed by atoms with Gasteiger partial charge in [-0.2, -0.15) is 13.5 Å². The van der Waals surface area contributed by atoms with Gasteiger partial charge < -0.3 is 14.2 Å². The lowest BCUT2D eigenvalue weighted by molar-refractivity contribution is -0.385. The summed E-state index contributed by atoms with van der Waals surface area (Å²) in [5, 5.41) is 11.2. The van der Waals surface area contributed by atoms with Crippen LogP contribution < -0.4 is 9.46 Å². The SMILES string of the molecule is C[C@@H](NS(=O)(=O)c1cccc2nsnc12)C(=O)OCc1cc([N+](=O)[O-])cc2c1OCOC2. The Balaban J connectivity index is 1.48. The molecule has 0 radical (unpaired) electrons. The number of nitro benzene ring substituents is 1. The molecule has 0 amide bonds. The van der Waals surface area contributed by atoms with E-state index >= 15 is 0 Å². The highest BCUT2D eigenvalue weighted by Crippen LogP contribution is 2.33. The minimum atomic E-state index is -4.09. The van der Waals surface area contributed by atoms with Gasteiger partial charge in [-0.3, -0.25) is 14.9 Å². The van der Waals surface area contributed by atoms with Crippen LogP contribution in [-0.2, 0) is 37.5 Å². The molecule has 2 aromatic carbocycles. The summed E-state index contributed by atoms with van der Waals surface area (Å²) in [7, 11) is -4.09. The molecular weight excluding hydrogens is 464 g/mol. The Hall–Kier alpha value is -3.20. The van der Waals surface area contributed by atoms with Crippen LogP contribution in [0.3, 0.4) is 0 Å². The van der Waals surface area contributed by atoms with E-state index in [-0.39, 0.29) is 41.7 Å². The first-order chi connectivity index (χ1) is 15.3. The number of carbonyl (C=O) groups is 1. The smallest absolute Gasteiger partial charge is 0.324 e. The molecule has 32 heavy (non-hydrogen) atoms. The van der Waals surface area contributed by atoms with E-state index in [0.29, 0.717) is 16.8 Å². The molecule has 0 fully saturated rings. The number of hydrogen-bond acceptors (Lipinski definition) is 11. The monoisotopic (exact) mass is 480 g/mol. The summed E-state index contributed by atoms with van der Waals surface area (Å²) in [6.45, 7) is 1.05. The predicted molar refractivity (Wildman–Crippen MR) is 110 cm³/mol. The third-order valence-corrected chi connectivity index (χ3v) is 6.69. The summed E-state index contributed by atoms with van der Waals surface area (Å²) >= 11 is 0.876. The topological polar surface area (TPSA) is 160 Å². The zero-order valence-corrected chi connectivity index (χ0v) is 18.1. The molecule has 1 aliphatic rings. The summed E-state index contributed by atoms with van der Waals surface area (Å²) in [5.74, 6) is -0.532. The average Bonchev–Trinajstić information content (AvgIpc) is 3.25. The Labute approximate surface area is 185 Å². The maximum atomic E-state index is 12.8. The number of ether oxygens (including phenoxy) is 3. The second-order valence-electron chi connectivity index (χ2n) is 6.80. The summed E-state index contributed by atoms with van der Waals surface area (Å²) in [6.07, 6.45) is 0. The van der Waals surface area contributed by atoms with Crippen molar-refractivity contribution in [3.63, 3.8) is 0 Å². The third-order valence-electron chi connectivity index (χ3n) is 4.58. The quantitative estimate of drug-likeness (QED) is 0.300. The summed E-state index contributed by atoms with van der Waals surface area (Å²) in [6, 6.07) is 5.84. The molecule has 4 rings (SSSR count). The number of esters is 1. The molecule has 0 unspecified atom stereocenters. The van der Waals surface area contributed by atoms with E-state index in [9.17, 15) is 23.3 Å². The molecule has 12 nitrogen and oxygen atoms in total. The standard InChI is InChI=1S/C18H16N4O8S2/c1-10(21-32(26,27)15-4-2-3-14-16(15)20-31-19-14)18(23)29-8-12-6-13(22(24)25)5-11-7-28-9-30-17(11)12/h2-6,10,21H,7-9H2,1H3/t10-/m1/s1. The summed E-state index contributed by atoms with van der Waals surface area (Å²) in [5.41, 5.74) is 1.15. The van der Waals surface area contributed by atoms with Crippen LogP contribution in [0.2, 0.25) is 0 Å². The second-order valence-corrected chi connectivity index (χ2v) is 9.01. The number of benzene rings is 2. The predicted octanol–water partition coefficient (Wildman–Crippen LogP) is 1.88. The van der Waals surface area contributed by atoms with Crippen molar-refractivity contribution in [3.05, 3.63) is 51.6 Å². The summed E-state index contributed by atoms with van der Waals surface area (Å²) < 4.78 is 51.5. The highest BCUT2D eigenvalue weighted by Gasteiger charge is 2.27. The molecule has 168 valence electrons. The number of fused-ring (bicyclic) bond motifs is 2. The van der Waals surface area contributed by atoms with Gasteiger partial charge in [-0.1, -0.05) is 6.07 Å². The minimum absolute atomic E-state index is 0.0427. The van der Waals surface area contributed by atoms with E-state index in [1.807, 2.05) is 0 Å². The van der Waals surface area contributed by atoms with Gasteiger partial charge in [0.1, 0.15) is 34.3 Å². The van der Waals surface area contributed by atoms with Crippen molar-refractivity contribution in [1.82, 2.24) is 13.5 Å². The van der Waals surface area contributed by atoms with Crippen molar-refractivity contribution in [2.75, 3.05) is 6.79 Å². The molecule has 14 heteroatoms. The molecule has 2 heterocycles. The van der Waals surface area contributed by atoms with Gasteiger partial charge in [0.15, 0.2) is 6.79 Å². The van der Waals surface area contributed by atoms with Gasteiger partial charge in [-0.05, 0) is 19.1 Å². The van der Waals surface area contributed by atoms with Crippen LogP contribution in [0.4, 0.5) is 5.69 Å². The Morgan fingerprint density at radius 3 is 2.97 bits per heavy atom. The number of sulfonamides is 1. The molecule has 0 aliphatic carbocycles. The van der Waals surface area contributed by atoms with Gasteiger partial charge in [0, 0.05) is 23.3 Å². The zero-order valence-electron chi connectivity index (χ0n) is 16.5. The van der Waals surface area contributed by atoms with E-state index in [0.717, 1.165) is 11.7 Å². The number of hydrogen-bond donors (Lipinski definition) is 1. The first-order valence-electron chi connectivity index (χ1n) is 9.17. The van der Waals surface area contributed by atoms with Crippen molar-refractivity contribution < 1.29 is 32.3 Å². The van der Waals surface area contributed by atoms with Crippen molar-refractivity contribution >= 4 is 44.4 Å². The van der Waals surface area contributed by atoms with Crippen LogP contribution in [0, 0.1) is 10.1 Å². The fourth-order valence-corrected chi connectivity index (χ4v) is 5.07. The van der Waals surface area contributed by atoms with E-state index in [1.54, 1.807) is 6.07 Å². The van der Waals surface area contributed by atoms with Crippen molar-refractivity contribution in [2.45, 2.75) is 31.1 Å². The molecule has 0 bridgehead atoms. The Morgan fingerprint density at radius 1 is 1.38 bits per heavy atom. The summed E-state index contributed by atoms with van der Waals surface area (Å²) in [4.78, 5) is 22.9. The van der Waals surface area contributed by atoms with Crippen molar-refractivity contribution in [1.29, 1.82) is 0 Å². The largest absolute Gasteiger partial charge is 0.467 e. The minimum Gasteiger partial charge on any atom is -0.467 e. The highest BCUT2D eigenvalue weighted by atomic mass is 32.2. The van der Waals surface area contributed by atoms with Crippen LogP contribution in [0.15, 0.2) is 35.2 Å². The molecule has 0 saturated heterocycles. The number of rotatable bonds is 7. The van der Waals surface area contributed by atoms with Gasteiger partial charge in [0.05, 0.1) is 23.3 Å². The molecule has 1 aromatic heterocycles. The molecule has 1 N–H and O–H groups in total. The maximum Gasteiger partial charge on any atom is 0.324 e. The van der Waals surface area contributed by atoms with Gasteiger partial charge >= 0.3 is 5.97 Å². The van der Waals surface area contributed by atoms with E-state index in [4.69, 9.17) is 14.2 Å². The Kier molecular flexibility index (Phi) is 6.01. The first-order valence-corrected chi connectivity index (χ1v) is 11.4. The van der Waals surface area contributed by atoms with Gasteiger partial charge in [-0.25, -0.2) is 8.42 Å². The first kappa shape index (κ1) is 22.0. The average molecular weight is 480 g/mol. The molecule has 3 aromatic rings. The number of aromatic nitrogens is 2. The van der Waals surface area contributed by atoms with E-state index in [1.165, 1.54) is 31.2 Å². The second kappa shape index (κ2) is 8.74. The van der Waals surface area contributed by atoms with E-state index < -0.39 is 27.0 Å². The fourth-order valence-electron chi connectivity index (χ4n) is 3.11. The fraction of sp³-hybridized carbons (Fsp3) is 0.278. The van der Waals surface area contributed by atoms with Gasteiger partial charge in [0.25, 0.3) is 5.69 Å². The molecule has 1 aliphatic heterocycles. The van der Waals surface area contributed by atoms with Crippen LogP contribution in [0.5, 0.6) is 5.75 Å². The van der Waals surface area contributed by atoms with Gasteiger partial charge in [0.2, 0.25) is 10.0 Å². The maximum absolute atomic E-state index is 12.8.